The van der Waals surface area contributed by atoms with E-state index in [2.05, 4.69) is 0 Å². The first-order valence-corrected chi connectivity index (χ1v) is 9.20. The molecule has 2 atom stereocenters. The lowest BCUT2D eigenvalue weighted by molar-refractivity contribution is -0.143. The zero-order chi connectivity index (χ0) is 16.5. The normalized spacial score (nSPS) is 23.4. The standard InChI is InChI=1S/C14H17Cl2NO4S/c1-9-4-11(14(18)19)7-17(6-9)22(20,21)8-10-2-3-12(15)13(16)5-10/h2-3,5,9,11H,4,6-8H2,1H3,(H,18,19). The van der Waals surface area contributed by atoms with E-state index in [1.165, 1.54) is 10.4 Å². The molecule has 8 heteroatoms. The molecule has 122 valence electrons. The summed E-state index contributed by atoms with van der Waals surface area (Å²) in [5.41, 5.74) is 0.527. The van der Waals surface area contributed by atoms with Crippen molar-refractivity contribution in [2.45, 2.75) is 19.1 Å². The number of aliphatic carboxylic acids is 1. The number of hydrogen-bond acceptors (Lipinski definition) is 3. The summed E-state index contributed by atoms with van der Waals surface area (Å²) in [6.07, 6.45) is 0.494. The van der Waals surface area contributed by atoms with E-state index in [9.17, 15) is 13.2 Å². The number of carboxylic acids is 1. The Morgan fingerprint density at radius 3 is 2.59 bits per heavy atom. The summed E-state index contributed by atoms with van der Waals surface area (Å²) >= 11 is 11.7. The molecule has 0 radical (unpaired) electrons. The molecule has 1 aliphatic heterocycles. The van der Waals surface area contributed by atoms with Crippen molar-refractivity contribution in [3.63, 3.8) is 0 Å². The summed E-state index contributed by atoms with van der Waals surface area (Å²) < 4.78 is 26.3. The third kappa shape index (κ3) is 4.13. The Labute approximate surface area is 139 Å². The Balaban J connectivity index is 2.18. The number of sulfonamides is 1. The number of carbonyl (C=O) groups is 1. The molecular formula is C14H17Cl2NO4S. The highest BCUT2D eigenvalue weighted by Gasteiger charge is 2.35. The second-order valence-electron chi connectivity index (χ2n) is 5.70. The predicted molar refractivity (Wildman–Crippen MR) is 85.6 cm³/mol. The second kappa shape index (κ2) is 6.74. The van der Waals surface area contributed by atoms with E-state index < -0.39 is 21.9 Å². The van der Waals surface area contributed by atoms with Crippen LogP contribution in [0.4, 0.5) is 0 Å². The van der Waals surface area contributed by atoms with E-state index in [1.807, 2.05) is 6.92 Å². The smallest absolute Gasteiger partial charge is 0.307 e. The van der Waals surface area contributed by atoms with Crippen LogP contribution in [0.15, 0.2) is 18.2 Å². The van der Waals surface area contributed by atoms with Crippen LogP contribution in [-0.4, -0.2) is 36.9 Å². The van der Waals surface area contributed by atoms with Crippen LogP contribution in [0.1, 0.15) is 18.9 Å². The molecule has 0 aromatic heterocycles. The quantitative estimate of drug-likeness (QED) is 0.889. The van der Waals surface area contributed by atoms with Gasteiger partial charge in [-0.15, -0.1) is 0 Å². The van der Waals surface area contributed by atoms with Crippen LogP contribution in [0.3, 0.4) is 0 Å². The number of benzene rings is 1. The van der Waals surface area contributed by atoms with Crippen molar-refractivity contribution in [1.82, 2.24) is 4.31 Å². The highest BCUT2D eigenvalue weighted by molar-refractivity contribution is 7.88. The van der Waals surface area contributed by atoms with Crippen LogP contribution in [0, 0.1) is 11.8 Å². The molecule has 1 N–H and O–H groups in total. The molecule has 0 aliphatic carbocycles. The summed E-state index contributed by atoms with van der Waals surface area (Å²) in [5, 5.41) is 9.80. The van der Waals surface area contributed by atoms with Crippen molar-refractivity contribution in [2.24, 2.45) is 11.8 Å². The average molecular weight is 366 g/mol. The molecule has 1 heterocycles. The molecule has 5 nitrogen and oxygen atoms in total. The van der Waals surface area contributed by atoms with Gasteiger partial charge >= 0.3 is 5.97 Å². The SMILES string of the molecule is CC1CC(C(=O)O)CN(S(=O)(=O)Cc2ccc(Cl)c(Cl)c2)C1. The van der Waals surface area contributed by atoms with Gasteiger partial charge in [0.1, 0.15) is 0 Å². The number of halogens is 2. The van der Waals surface area contributed by atoms with Crippen molar-refractivity contribution in [2.75, 3.05) is 13.1 Å². The summed E-state index contributed by atoms with van der Waals surface area (Å²) in [7, 11) is -3.60. The fourth-order valence-corrected chi connectivity index (χ4v) is 4.63. The summed E-state index contributed by atoms with van der Waals surface area (Å²) in [6, 6.07) is 4.67. The van der Waals surface area contributed by atoms with Crippen LogP contribution in [-0.2, 0) is 20.6 Å². The van der Waals surface area contributed by atoms with Crippen molar-refractivity contribution in [1.29, 1.82) is 0 Å². The molecule has 1 fully saturated rings. The number of nitrogens with zero attached hydrogens (tertiary/aromatic N) is 1. The van der Waals surface area contributed by atoms with E-state index >= 15 is 0 Å². The molecule has 0 amide bonds. The van der Waals surface area contributed by atoms with Crippen LogP contribution >= 0.6 is 23.2 Å². The minimum absolute atomic E-state index is 0.0124. The molecule has 1 aliphatic rings. The topological polar surface area (TPSA) is 74.7 Å². The lowest BCUT2D eigenvalue weighted by atomic mass is 9.92. The zero-order valence-corrected chi connectivity index (χ0v) is 14.3. The van der Waals surface area contributed by atoms with E-state index in [0.29, 0.717) is 28.6 Å². The van der Waals surface area contributed by atoms with Gasteiger partial charge in [0, 0.05) is 13.1 Å². The van der Waals surface area contributed by atoms with E-state index in [1.54, 1.807) is 12.1 Å². The zero-order valence-electron chi connectivity index (χ0n) is 12.0. The Morgan fingerprint density at radius 1 is 1.32 bits per heavy atom. The highest BCUT2D eigenvalue weighted by Crippen LogP contribution is 2.27. The van der Waals surface area contributed by atoms with Crippen molar-refractivity contribution >= 4 is 39.2 Å². The van der Waals surface area contributed by atoms with Crippen molar-refractivity contribution in [3.8, 4) is 0 Å². The first-order chi connectivity index (χ1) is 10.2. The molecule has 0 spiro atoms. The Kier molecular flexibility index (Phi) is 5.37. The van der Waals surface area contributed by atoms with Crippen LogP contribution in [0.25, 0.3) is 0 Å². The Morgan fingerprint density at radius 2 is 2.00 bits per heavy atom. The van der Waals surface area contributed by atoms with E-state index in [4.69, 9.17) is 28.3 Å². The highest BCUT2D eigenvalue weighted by atomic mass is 35.5. The maximum absolute atomic E-state index is 12.5. The molecular weight excluding hydrogens is 349 g/mol. The Hall–Kier alpha value is -0.820. The molecule has 0 bridgehead atoms. The average Bonchev–Trinajstić information content (AvgIpc) is 2.42. The van der Waals surface area contributed by atoms with Crippen LogP contribution < -0.4 is 0 Å². The molecule has 1 saturated heterocycles. The van der Waals surface area contributed by atoms with Crippen molar-refractivity contribution in [3.05, 3.63) is 33.8 Å². The summed E-state index contributed by atoms with van der Waals surface area (Å²) in [4.78, 5) is 11.2. The van der Waals surface area contributed by atoms with Gasteiger partial charge in [0.25, 0.3) is 0 Å². The summed E-state index contributed by atoms with van der Waals surface area (Å²) in [5.74, 6) is -1.82. The van der Waals surface area contributed by atoms with Crippen LogP contribution in [0.5, 0.6) is 0 Å². The van der Waals surface area contributed by atoms with Gasteiger partial charge < -0.3 is 5.11 Å². The van der Waals surface area contributed by atoms with Gasteiger partial charge in [0.05, 0.1) is 21.7 Å². The largest absolute Gasteiger partial charge is 0.481 e. The van der Waals surface area contributed by atoms with Crippen LogP contribution in [0.2, 0.25) is 10.0 Å². The van der Waals surface area contributed by atoms with E-state index in [0.717, 1.165) is 0 Å². The third-order valence-electron chi connectivity index (χ3n) is 3.70. The number of hydrogen-bond donors (Lipinski definition) is 1. The number of piperidine rings is 1. The first kappa shape index (κ1) is 17.5. The first-order valence-electron chi connectivity index (χ1n) is 6.83. The fraction of sp³-hybridized carbons (Fsp3) is 0.500. The van der Waals surface area contributed by atoms with Gasteiger partial charge in [-0.1, -0.05) is 36.2 Å². The van der Waals surface area contributed by atoms with E-state index in [-0.39, 0.29) is 18.2 Å². The van der Waals surface area contributed by atoms with Gasteiger partial charge in [0.15, 0.2) is 0 Å². The second-order valence-corrected chi connectivity index (χ2v) is 8.48. The lowest BCUT2D eigenvalue weighted by Crippen LogP contribution is -2.45. The lowest BCUT2D eigenvalue weighted by Gasteiger charge is -2.33. The van der Waals surface area contributed by atoms with Gasteiger partial charge in [0.2, 0.25) is 10.0 Å². The molecule has 0 saturated carbocycles. The summed E-state index contributed by atoms with van der Waals surface area (Å²) in [6.45, 7) is 2.22. The number of carboxylic acid groups (broad SMARTS) is 1. The molecule has 22 heavy (non-hydrogen) atoms. The fourth-order valence-electron chi connectivity index (χ4n) is 2.64. The monoisotopic (exact) mass is 365 g/mol. The predicted octanol–water partition coefficient (Wildman–Crippen LogP) is 2.87. The maximum atomic E-state index is 12.5. The molecule has 2 rings (SSSR count). The third-order valence-corrected chi connectivity index (χ3v) is 6.22. The van der Waals surface area contributed by atoms with Gasteiger partial charge in [-0.2, -0.15) is 0 Å². The minimum Gasteiger partial charge on any atom is -0.481 e. The van der Waals surface area contributed by atoms with Gasteiger partial charge in [-0.3, -0.25) is 4.79 Å². The Bertz CT molecular complexity index is 677. The van der Waals surface area contributed by atoms with Gasteiger partial charge in [-0.25, -0.2) is 12.7 Å². The minimum atomic E-state index is -3.60. The molecule has 1 aromatic carbocycles. The molecule has 1 aromatic rings. The maximum Gasteiger partial charge on any atom is 0.307 e. The van der Waals surface area contributed by atoms with Crippen molar-refractivity contribution < 1.29 is 18.3 Å². The molecule has 2 unspecified atom stereocenters. The van der Waals surface area contributed by atoms with Gasteiger partial charge in [-0.05, 0) is 30.0 Å². The number of rotatable bonds is 4.